The molecule has 0 unspecified atom stereocenters. The molecular weight excluding hydrogens is 209 g/mol. The number of carbonyl (C=O) groups is 1. The lowest BCUT2D eigenvalue weighted by Gasteiger charge is -2.11. The fourth-order valence-corrected chi connectivity index (χ4v) is 1.50. The van der Waals surface area contributed by atoms with E-state index in [1.165, 1.54) is 6.20 Å². The average Bonchev–Trinajstić information content (AvgIpc) is 2.68. The smallest absolute Gasteiger partial charge is 0.343 e. The van der Waals surface area contributed by atoms with Crippen molar-refractivity contribution in [2.24, 2.45) is 0 Å². The molecule has 0 spiro atoms. The second-order valence-electron chi connectivity index (χ2n) is 2.47. The van der Waals surface area contributed by atoms with Crippen molar-refractivity contribution >= 4 is 17.3 Å². The van der Waals surface area contributed by atoms with Gasteiger partial charge in [0.15, 0.2) is 0 Å². The number of aliphatic hydroxyl groups is 1. The maximum absolute atomic E-state index is 13.2. The topological polar surface area (TPSA) is 59.4 Å². The van der Waals surface area contributed by atoms with Crippen LogP contribution in [-0.4, -0.2) is 28.8 Å². The summed E-state index contributed by atoms with van der Waals surface area (Å²) in [6.45, 7) is 1.66. The lowest BCUT2D eigenvalue weighted by Crippen LogP contribution is -2.25. The van der Waals surface area contributed by atoms with E-state index >= 15 is 0 Å². The van der Waals surface area contributed by atoms with Crippen LogP contribution in [0, 0.1) is 0 Å². The number of aromatic nitrogens is 1. The summed E-state index contributed by atoms with van der Waals surface area (Å²) in [4.78, 5) is 14.6. The Morgan fingerprint density at radius 2 is 2.57 bits per heavy atom. The molecule has 0 aromatic carbocycles. The highest BCUT2D eigenvalue weighted by molar-refractivity contribution is 7.09. The molecule has 1 aromatic heterocycles. The van der Waals surface area contributed by atoms with E-state index in [0.29, 0.717) is 0 Å². The predicted octanol–water partition coefficient (Wildman–Crippen LogP) is 1.08. The van der Waals surface area contributed by atoms with Gasteiger partial charge in [0.2, 0.25) is 6.17 Å². The van der Waals surface area contributed by atoms with Crippen molar-refractivity contribution in [3.63, 3.8) is 0 Å². The number of hydrogen-bond donors (Lipinski definition) is 1. The number of carbonyl (C=O) groups excluding carboxylic acids is 1. The predicted molar refractivity (Wildman–Crippen MR) is 48.6 cm³/mol. The monoisotopic (exact) mass is 219 g/mol. The average molecular weight is 219 g/mol. The van der Waals surface area contributed by atoms with Gasteiger partial charge in [0.1, 0.15) is 11.1 Å². The van der Waals surface area contributed by atoms with Gasteiger partial charge in [-0.15, -0.1) is 11.3 Å². The Morgan fingerprint density at radius 3 is 3.07 bits per heavy atom. The Hall–Kier alpha value is -1.01. The van der Waals surface area contributed by atoms with Crippen LogP contribution in [0.25, 0.3) is 0 Å². The van der Waals surface area contributed by atoms with Gasteiger partial charge in [0.25, 0.3) is 0 Å². The third-order valence-corrected chi connectivity index (χ3v) is 2.34. The van der Waals surface area contributed by atoms with E-state index in [9.17, 15) is 14.3 Å². The molecule has 0 saturated carbocycles. The molecule has 0 radical (unpaired) electrons. The van der Waals surface area contributed by atoms with Crippen molar-refractivity contribution in [3.8, 4) is 0 Å². The molecule has 0 saturated heterocycles. The van der Waals surface area contributed by atoms with Crippen LogP contribution >= 0.6 is 11.3 Å². The Kier molecular flexibility index (Phi) is 3.97. The van der Waals surface area contributed by atoms with Gasteiger partial charge >= 0.3 is 5.97 Å². The molecule has 0 bridgehead atoms. The third-order valence-electron chi connectivity index (χ3n) is 1.49. The summed E-state index contributed by atoms with van der Waals surface area (Å²) in [5.41, 5.74) is 0. The number of hydrogen-bond acceptors (Lipinski definition) is 5. The zero-order valence-electron chi connectivity index (χ0n) is 7.51. The summed E-state index contributed by atoms with van der Waals surface area (Å²) < 4.78 is 17.6. The number of esters is 1. The zero-order valence-corrected chi connectivity index (χ0v) is 8.33. The largest absolute Gasteiger partial charge is 0.464 e. The van der Waals surface area contributed by atoms with Crippen LogP contribution in [0.1, 0.15) is 18.0 Å². The molecular formula is C8H10FNO3S. The van der Waals surface area contributed by atoms with E-state index in [-0.39, 0.29) is 11.6 Å². The summed E-state index contributed by atoms with van der Waals surface area (Å²) >= 11 is 1.09. The Bertz CT molecular complexity index is 291. The normalized spacial score (nSPS) is 14.8. The van der Waals surface area contributed by atoms with Crippen molar-refractivity contribution < 1.29 is 19.0 Å². The van der Waals surface area contributed by atoms with E-state index < -0.39 is 18.2 Å². The maximum Gasteiger partial charge on any atom is 0.343 e. The fraction of sp³-hybridized carbons (Fsp3) is 0.500. The maximum atomic E-state index is 13.2. The first-order valence-electron chi connectivity index (χ1n) is 4.05. The van der Waals surface area contributed by atoms with Crippen molar-refractivity contribution in [2.45, 2.75) is 19.2 Å². The Morgan fingerprint density at radius 1 is 1.86 bits per heavy atom. The molecule has 14 heavy (non-hydrogen) atoms. The van der Waals surface area contributed by atoms with Gasteiger partial charge in [-0.25, -0.2) is 14.2 Å². The number of halogens is 1. The number of rotatable bonds is 4. The van der Waals surface area contributed by atoms with Gasteiger partial charge in [-0.1, -0.05) is 0 Å². The molecule has 0 amide bonds. The molecule has 6 heteroatoms. The molecule has 1 rings (SSSR count). The van der Waals surface area contributed by atoms with Crippen LogP contribution in [0.5, 0.6) is 0 Å². The Labute approximate surface area is 84.4 Å². The number of thiazole rings is 1. The van der Waals surface area contributed by atoms with Crippen LogP contribution in [0.2, 0.25) is 0 Å². The highest BCUT2D eigenvalue weighted by Crippen LogP contribution is 2.21. The minimum Gasteiger partial charge on any atom is -0.464 e. The van der Waals surface area contributed by atoms with Gasteiger partial charge < -0.3 is 9.84 Å². The van der Waals surface area contributed by atoms with Crippen molar-refractivity contribution in [1.29, 1.82) is 0 Å². The number of alkyl halides is 1. The molecule has 0 aliphatic carbocycles. The summed E-state index contributed by atoms with van der Waals surface area (Å²) in [6.07, 6.45) is -2.17. The quantitative estimate of drug-likeness (QED) is 0.770. The number of ether oxygens (including phenoxy) is 1. The first kappa shape index (κ1) is 11.1. The van der Waals surface area contributed by atoms with Gasteiger partial charge in [-0.05, 0) is 6.92 Å². The van der Waals surface area contributed by atoms with E-state index in [1.54, 1.807) is 12.3 Å². The molecule has 1 aromatic rings. The molecule has 0 aliphatic heterocycles. The van der Waals surface area contributed by atoms with Crippen LogP contribution in [0.15, 0.2) is 11.6 Å². The Balaban J connectivity index is 2.61. The molecule has 1 N–H and O–H groups in total. The van der Waals surface area contributed by atoms with Crippen LogP contribution in [0.4, 0.5) is 4.39 Å². The van der Waals surface area contributed by atoms with E-state index in [4.69, 9.17) is 0 Å². The molecule has 0 fully saturated rings. The number of nitrogens with zero attached hydrogens (tertiary/aromatic N) is 1. The van der Waals surface area contributed by atoms with Crippen LogP contribution in [0.3, 0.4) is 0 Å². The molecule has 1 heterocycles. The SMILES string of the molecule is CCOC(=O)[C@H](F)[C@@H](O)c1nccs1. The fourth-order valence-electron chi connectivity index (χ4n) is 0.856. The van der Waals surface area contributed by atoms with Crippen LogP contribution in [-0.2, 0) is 9.53 Å². The highest BCUT2D eigenvalue weighted by atomic mass is 32.1. The molecule has 2 atom stereocenters. The first-order chi connectivity index (χ1) is 6.66. The van der Waals surface area contributed by atoms with Crippen molar-refractivity contribution in [1.82, 2.24) is 4.98 Å². The first-order valence-corrected chi connectivity index (χ1v) is 4.93. The number of aliphatic hydroxyl groups excluding tert-OH is 1. The molecule has 78 valence electrons. The molecule has 0 aliphatic rings. The summed E-state index contributed by atoms with van der Waals surface area (Å²) in [5, 5.41) is 11.1. The second-order valence-corrected chi connectivity index (χ2v) is 3.40. The van der Waals surface area contributed by atoms with Crippen molar-refractivity contribution in [3.05, 3.63) is 16.6 Å². The lowest BCUT2D eigenvalue weighted by molar-refractivity contribution is -0.153. The minimum absolute atomic E-state index is 0.0871. The van der Waals surface area contributed by atoms with Crippen LogP contribution < -0.4 is 0 Å². The summed E-state index contributed by atoms with van der Waals surface area (Å²) in [6, 6.07) is 0. The molecule has 4 nitrogen and oxygen atoms in total. The third kappa shape index (κ3) is 2.49. The van der Waals surface area contributed by atoms with E-state index in [2.05, 4.69) is 9.72 Å². The van der Waals surface area contributed by atoms with Crippen molar-refractivity contribution in [2.75, 3.05) is 6.61 Å². The van der Waals surface area contributed by atoms with Gasteiger partial charge in [0, 0.05) is 11.6 Å². The van der Waals surface area contributed by atoms with Gasteiger partial charge in [-0.2, -0.15) is 0 Å². The zero-order chi connectivity index (χ0) is 10.6. The van der Waals surface area contributed by atoms with Gasteiger partial charge in [-0.3, -0.25) is 0 Å². The summed E-state index contributed by atoms with van der Waals surface area (Å²) in [7, 11) is 0. The van der Waals surface area contributed by atoms with E-state index in [1.807, 2.05) is 0 Å². The minimum atomic E-state index is -2.07. The standard InChI is InChI=1S/C8H10FNO3S/c1-2-13-8(12)5(9)6(11)7-10-3-4-14-7/h3-6,11H,2H2,1H3/t5-,6-/m1/s1. The highest BCUT2D eigenvalue weighted by Gasteiger charge is 2.30. The van der Waals surface area contributed by atoms with Gasteiger partial charge in [0.05, 0.1) is 6.61 Å². The summed E-state index contributed by atoms with van der Waals surface area (Å²) in [5.74, 6) is -1.06. The van der Waals surface area contributed by atoms with E-state index in [0.717, 1.165) is 11.3 Å². The lowest BCUT2D eigenvalue weighted by atomic mass is 10.2. The second kappa shape index (κ2) is 5.02.